The minimum atomic E-state index is -3.76. The van der Waals surface area contributed by atoms with E-state index >= 15 is 0 Å². The molecule has 0 bridgehead atoms. The topological polar surface area (TPSA) is 84.3 Å². The Bertz CT molecular complexity index is 1180. The first-order valence-corrected chi connectivity index (χ1v) is 13.4. The molecule has 4 rings (SSSR count). The van der Waals surface area contributed by atoms with Crippen LogP contribution in [0.4, 0.5) is 8.78 Å². The second kappa shape index (κ2) is 8.86. The minimum absolute atomic E-state index is 0.0928. The normalized spacial score (nSPS) is 22.4. The number of benzene rings is 1. The van der Waals surface area contributed by atoms with Crippen LogP contribution in [-0.2, 0) is 26.8 Å². The molecule has 2 aliphatic rings. The Kier molecular flexibility index (Phi) is 6.52. The molecule has 7 nitrogen and oxygen atoms in total. The number of hydrogen-bond donors (Lipinski definition) is 1. The molecule has 10 heteroatoms. The Morgan fingerprint density at radius 3 is 2.50 bits per heavy atom. The fourth-order valence-corrected chi connectivity index (χ4v) is 6.60. The summed E-state index contributed by atoms with van der Waals surface area (Å²) >= 11 is 0. The van der Waals surface area contributed by atoms with Crippen molar-refractivity contribution in [2.75, 3.05) is 20.1 Å². The molecule has 0 spiro atoms. The Balaban J connectivity index is 1.65. The van der Waals surface area contributed by atoms with Gasteiger partial charge in [-0.15, -0.1) is 0 Å². The van der Waals surface area contributed by atoms with Crippen molar-refractivity contribution in [2.45, 2.75) is 75.7 Å². The highest BCUT2D eigenvalue weighted by molar-refractivity contribution is 7.89. The summed E-state index contributed by atoms with van der Waals surface area (Å²) in [7, 11) is -2.21. The van der Waals surface area contributed by atoms with E-state index in [-0.39, 0.29) is 47.4 Å². The molecule has 0 radical (unpaired) electrons. The van der Waals surface area contributed by atoms with Gasteiger partial charge in [0.1, 0.15) is 5.82 Å². The van der Waals surface area contributed by atoms with Crippen molar-refractivity contribution in [1.29, 1.82) is 0 Å². The lowest BCUT2D eigenvalue weighted by molar-refractivity contribution is -0.124. The molecule has 1 aromatic carbocycles. The average molecular weight is 497 g/mol. The van der Waals surface area contributed by atoms with Gasteiger partial charge in [-0.3, -0.25) is 4.79 Å². The van der Waals surface area contributed by atoms with Crippen molar-refractivity contribution in [3.8, 4) is 0 Å². The van der Waals surface area contributed by atoms with Crippen molar-refractivity contribution in [3.63, 3.8) is 0 Å². The van der Waals surface area contributed by atoms with Crippen LogP contribution in [-0.4, -0.2) is 54.2 Å². The fourth-order valence-electron chi connectivity index (χ4n) is 5.08. The molecule has 1 atom stereocenters. The van der Waals surface area contributed by atoms with Gasteiger partial charge in [-0.05, 0) is 43.4 Å². The fraction of sp³-hybridized carbons (Fsp3) is 0.667. The molecule has 1 amide bonds. The van der Waals surface area contributed by atoms with Gasteiger partial charge in [0.2, 0.25) is 21.9 Å². The maximum absolute atomic E-state index is 13.6. The summed E-state index contributed by atoms with van der Waals surface area (Å²) in [6, 6.07) is 4.96. The molecule has 1 unspecified atom stereocenters. The van der Waals surface area contributed by atoms with E-state index in [0.29, 0.717) is 37.9 Å². The van der Waals surface area contributed by atoms with Crippen molar-refractivity contribution >= 4 is 27.0 Å². The average Bonchev–Trinajstić information content (AvgIpc) is 3.40. The van der Waals surface area contributed by atoms with Gasteiger partial charge in [0.25, 0.3) is 0 Å². The number of fused-ring (bicyclic) bond motifs is 1. The number of carbonyl (C=O) groups excluding carboxylic acids is 1. The second-order valence-electron chi connectivity index (χ2n) is 10.7. The highest BCUT2D eigenvalue weighted by Crippen LogP contribution is 2.38. The van der Waals surface area contributed by atoms with E-state index in [2.05, 4.69) is 9.88 Å². The Labute approximate surface area is 200 Å². The van der Waals surface area contributed by atoms with Crippen molar-refractivity contribution in [3.05, 3.63) is 24.0 Å². The number of hydrogen-bond acceptors (Lipinski definition) is 4. The summed E-state index contributed by atoms with van der Waals surface area (Å²) in [6.45, 7) is 7.17. The van der Waals surface area contributed by atoms with Crippen LogP contribution in [0.3, 0.4) is 0 Å². The van der Waals surface area contributed by atoms with E-state index in [4.69, 9.17) is 4.98 Å². The maximum Gasteiger partial charge on any atom is 0.248 e. The number of sulfonamides is 1. The lowest BCUT2D eigenvalue weighted by Crippen LogP contribution is -2.33. The van der Waals surface area contributed by atoms with Crippen LogP contribution in [0.15, 0.2) is 23.1 Å². The van der Waals surface area contributed by atoms with Crippen LogP contribution in [0.25, 0.3) is 11.0 Å². The van der Waals surface area contributed by atoms with E-state index in [0.717, 1.165) is 11.3 Å². The van der Waals surface area contributed by atoms with E-state index < -0.39 is 15.9 Å². The molecule has 34 heavy (non-hydrogen) atoms. The van der Waals surface area contributed by atoms with Crippen LogP contribution >= 0.6 is 0 Å². The highest BCUT2D eigenvalue weighted by atomic mass is 32.2. The highest BCUT2D eigenvalue weighted by Gasteiger charge is 2.37. The molecule has 2 fully saturated rings. The van der Waals surface area contributed by atoms with E-state index in [1.165, 1.54) is 4.31 Å². The summed E-state index contributed by atoms with van der Waals surface area (Å²) in [4.78, 5) is 16.9. The zero-order valence-corrected chi connectivity index (χ0v) is 21.1. The number of amides is 1. The van der Waals surface area contributed by atoms with Gasteiger partial charge < -0.3 is 9.88 Å². The molecule has 1 saturated heterocycles. The SMILES string of the molecule is CNC(=O)C1CCN(S(=O)(=O)c2ccc3c(c2)nc(C(C)(C)C)n3CC2CCC(F)(F)CC2)C1. The van der Waals surface area contributed by atoms with Gasteiger partial charge in [0.05, 0.1) is 21.8 Å². The van der Waals surface area contributed by atoms with Crippen LogP contribution in [0.2, 0.25) is 0 Å². The summed E-state index contributed by atoms with van der Waals surface area (Å²) in [5.74, 6) is -2.13. The van der Waals surface area contributed by atoms with Gasteiger partial charge in [-0.2, -0.15) is 4.31 Å². The van der Waals surface area contributed by atoms with Crippen molar-refractivity contribution in [2.24, 2.45) is 11.8 Å². The predicted octanol–water partition coefficient (Wildman–Crippen LogP) is 3.92. The monoisotopic (exact) mass is 496 g/mol. The van der Waals surface area contributed by atoms with E-state index in [9.17, 15) is 22.0 Å². The quantitative estimate of drug-likeness (QED) is 0.680. The van der Waals surface area contributed by atoms with Crippen molar-refractivity contribution in [1.82, 2.24) is 19.2 Å². The third kappa shape index (κ3) is 4.84. The molecule has 1 aliphatic carbocycles. The largest absolute Gasteiger partial charge is 0.359 e. The lowest BCUT2D eigenvalue weighted by Gasteiger charge is -2.30. The van der Waals surface area contributed by atoms with Crippen LogP contribution in [0.5, 0.6) is 0 Å². The standard InChI is InChI=1S/C24H34F2N4O3S/c1-23(2,3)22-28-19-13-18(34(32,33)29-12-9-17(15-29)21(31)27-4)5-6-20(19)30(22)14-16-7-10-24(25,26)11-8-16/h5-6,13,16-17H,7-12,14-15H2,1-4H3,(H,27,31). The maximum atomic E-state index is 13.6. The lowest BCUT2D eigenvalue weighted by atomic mass is 9.86. The molecule has 1 aliphatic heterocycles. The molecule has 2 aromatic rings. The predicted molar refractivity (Wildman–Crippen MR) is 126 cm³/mol. The second-order valence-corrected chi connectivity index (χ2v) is 12.6. The van der Waals surface area contributed by atoms with Gasteiger partial charge in [0, 0.05) is 44.9 Å². The Morgan fingerprint density at radius 1 is 1.21 bits per heavy atom. The number of alkyl halides is 2. The third-order valence-electron chi connectivity index (χ3n) is 7.07. The van der Waals surface area contributed by atoms with Crippen LogP contribution in [0.1, 0.15) is 58.7 Å². The molecule has 2 heterocycles. The molecule has 188 valence electrons. The number of imidazole rings is 1. The summed E-state index contributed by atoms with van der Waals surface area (Å²) in [5, 5.41) is 2.59. The summed E-state index contributed by atoms with van der Waals surface area (Å²) in [6.07, 6.45) is 1.23. The summed E-state index contributed by atoms with van der Waals surface area (Å²) < 4.78 is 57.3. The van der Waals surface area contributed by atoms with Gasteiger partial charge in [-0.1, -0.05) is 20.8 Å². The zero-order valence-electron chi connectivity index (χ0n) is 20.3. The molecule has 1 aromatic heterocycles. The molecule has 1 saturated carbocycles. The van der Waals surface area contributed by atoms with E-state index in [1.54, 1.807) is 25.2 Å². The first kappa shape index (κ1) is 25.0. The van der Waals surface area contributed by atoms with Crippen LogP contribution in [0, 0.1) is 11.8 Å². The first-order valence-electron chi connectivity index (χ1n) is 11.9. The Morgan fingerprint density at radius 2 is 1.88 bits per heavy atom. The van der Waals surface area contributed by atoms with Gasteiger partial charge in [0.15, 0.2) is 0 Å². The molecule has 1 N–H and O–H groups in total. The first-order chi connectivity index (χ1) is 15.8. The third-order valence-corrected chi connectivity index (χ3v) is 8.94. The number of nitrogens with zero attached hydrogens (tertiary/aromatic N) is 3. The summed E-state index contributed by atoms with van der Waals surface area (Å²) in [5.41, 5.74) is 1.09. The number of carbonyl (C=O) groups is 1. The number of halogens is 2. The number of rotatable bonds is 5. The Hall–Kier alpha value is -2.07. The van der Waals surface area contributed by atoms with Crippen molar-refractivity contribution < 1.29 is 22.0 Å². The zero-order chi connectivity index (χ0) is 24.9. The smallest absolute Gasteiger partial charge is 0.248 e. The van der Waals surface area contributed by atoms with Gasteiger partial charge in [-0.25, -0.2) is 22.2 Å². The minimum Gasteiger partial charge on any atom is -0.359 e. The number of nitrogens with one attached hydrogen (secondary N) is 1. The molecular formula is C24H34F2N4O3S. The van der Waals surface area contributed by atoms with Gasteiger partial charge >= 0.3 is 0 Å². The molecular weight excluding hydrogens is 462 g/mol. The van der Waals surface area contributed by atoms with E-state index in [1.807, 2.05) is 20.8 Å². The van der Waals surface area contributed by atoms with Crippen LogP contribution < -0.4 is 5.32 Å². The number of aromatic nitrogens is 2.